The van der Waals surface area contributed by atoms with Crippen LogP contribution < -0.4 is 0 Å². The van der Waals surface area contributed by atoms with E-state index in [0.717, 1.165) is 13.0 Å². The molecule has 0 unspecified atom stereocenters. The van der Waals surface area contributed by atoms with Gasteiger partial charge >= 0.3 is 0 Å². The first-order chi connectivity index (χ1) is 10.2. The van der Waals surface area contributed by atoms with E-state index in [-0.39, 0.29) is 10.8 Å². The van der Waals surface area contributed by atoms with Crippen molar-refractivity contribution >= 4 is 0 Å². The van der Waals surface area contributed by atoms with E-state index in [0.29, 0.717) is 0 Å². The van der Waals surface area contributed by atoms with Gasteiger partial charge in [-0.1, -0.05) is 52.8 Å². The van der Waals surface area contributed by atoms with Gasteiger partial charge in [-0.05, 0) is 48.4 Å². The van der Waals surface area contributed by atoms with Crippen LogP contribution in [-0.2, 0) is 23.8 Å². The van der Waals surface area contributed by atoms with Crippen LogP contribution in [0, 0.1) is 6.92 Å². The lowest BCUT2D eigenvalue weighted by molar-refractivity contribution is 0.455. The van der Waals surface area contributed by atoms with E-state index < -0.39 is 0 Å². The summed E-state index contributed by atoms with van der Waals surface area (Å²) in [7, 11) is 0. The summed E-state index contributed by atoms with van der Waals surface area (Å²) in [6, 6.07) is 8.91. The monoisotopic (exact) mass is 298 g/mol. The molecule has 0 radical (unpaired) electrons. The van der Waals surface area contributed by atoms with Gasteiger partial charge in [0, 0.05) is 23.9 Å². The summed E-state index contributed by atoms with van der Waals surface area (Å²) in [4.78, 5) is 0. The second-order valence-corrected chi connectivity index (χ2v) is 7.93. The normalized spacial score (nSPS) is 12.7. The average molecular weight is 298 g/mol. The molecule has 0 aliphatic carbocycles. The van der Waals surface area contributed by atoms with E-state index in [4.69, 9.17) is 0 Å². The first kappa shape index (κ1) is 16.8. The molecule has 0 saturated heterocycles. The summed E-state index contributed by atoms with van der Waals surface area (Å²) in [5, 5.41) is 4.44. The molecule has 0 fully saturated rings. The van der Waals surface area contributed by atoms with Crippen LogP contribution in [0.4, 0.5) is 0 Å². The maximum Gasteiger partial charge on any atom is 0.0492 e. The molecular formula is C20H30N2. The molecule has 1 aromatic heterocycles. The molecule has 1 aromatic carbocycles. The molecule has 0 aliphatic heterocycles. The number of rotatable bonds is 4. The van der Waals surface area contributed by atoms with Gasteiger partial charge in [0.25, 0.3) is 0 Å². The molecule has 2 aromatic rings. The molecule has 1 heterocycles. The Morgan fingerprint density at radius 1 is 1.05 bits per heavy atom. The molecule has 0 amide bonds. The predicted molar refractivity (Wildman–Crippen MR) is 94.5 cm³/mol. The van der Waals surface area contributed by atoms with Crippen molar-refractivity contribution in [2.24, 2.45) is 0 Å². The molecule has 0 aliphatic rings. The predicted octanol–water partition coefficient (Wildman–Crippen LogP) is 5.03. The van der Waals surface area contributed by atoms with Crippen LogP contribution in [0.25, 0.3) is 0 Å². The highest BCUT2D eigenvalue weighted by Gasteiger charge is 2.27. The Hall–Kier alpha value is -1.57. The molecular weight excluding hydrogens is 268 g/mol. The molecule has 0 atom stereocenters. The van der Waals surface area contributed by atoms with Crippen LogP contribution in [0.15, 0.2) is 30.5 Å². The zero-order valence-corrected chi connectivity index (χ0v) is 15.2. The lowest BCUT2D eigenvalue weighted by Gasteiger charge is -2.29. The fourth-order valence-electron chi connectivity index (χ4n) is 3.41. The van der Waals surface area contributed by atoms with Gasteiger partial charge in [0.05, 0.1) is 0 Å². The van der Waals surface area contributed by atoms with Crippen molar-refractivity contribution in [2.75, 3.05) is 0 Å². The van der Waals surface area contributed by atoms with Crippen molar-refractivity contribution in [2.45, 2.75) is 72.3 Å². The SMILES string of the molecule is CCn1nccc1C(C)(C)Cc1cccc(C(C)(C)C)c1C. The minimum Gasteiger partial charge on any atom is -0.269 e. The third kappa shape index (κ3) is 3.26. The van der Waals surface area contributed by atoms with Gasteiger partial charge in [0.15, 0.2) is 0 Å². The Morgan fingerprint density at radius 2 is 1.73 bits per heavy atom. The van der Waals surface area contributed by atoms with Crippen LogP contribution >= 0.6 is 0 Å². The van der Waals surface area contributed by atoms with E-state index in [1.807, 2.05) is 6.20 Å². The first-order valence-electron chi connectivity index (χ1n) is 8.28. The van der Waals surface area contributed by atoms with Gasteiger partial charge in [0.2, 0.25) is 0 Å². The second-order valence-electron chi connectivity index (χ2n) is 7.93. The summed E-state index contributed by atoms with van der Waals surface area (Å²) in [6.07, 6.45) is 2.95. The zero-order chi connectivity index (χ0) is 16.5. The van der Waals surface area contributed by atoms with Crippen LogP contribution in [0.1, 0.15) is 63.9 Å². The van der Waals surface area contributed by atoms with Crippen molar-refractivity contribution in [1.29, 1.82) is 0 Å². The fourth-order valence-corrected chi connectivity index (χ4v) is 3.41. The van der Waals surface area contributed by atoms with E-state index in [2.05, 4.69) is 82.5 Å². The van der Waals surface area contributed by atoms with Gasteiger partial charge in [-0.15, -0.1) is 0 Å². The molecule has 2 nitrogen and oxygen atoms in total. The van der Waals surface area contributed by atoms with Gasteiger partial charge < -0.3 is 0 Å². The van der Waals surface area contributed by atoms with Gasteiger partial charge in [0.1, 0.15) is 0 Å². The van der Waals surface area contributed by atoms with Crippen LogP contribution in [-0.4, -0.2) is 9.78 Å². The highest BCUT2D eigenvalue weighted by Crippen LogP contribution is 2.32. The number of nitrogens with zero attached hydrogens (tertiary/aromatic N) is 2. The minimum atomic E-state index is 0.0772. The first-order valence-corrected chi connectivity index (χ1v) is 8.28. The van der Waals surface area contributed by atoms with Crippen molar-refractivity contribution in [3.63, 3.8) is 0 Å². The molecule has 120 valence electrons. The number of aryl methyl sites for hydroxylation is 1. The number of hydrogen-bond donors (Lipinski definition) is 0. The van der Waals surface area contributed by atoms with Crippen molar-refractivity contribution in [3.8, 4) is 0 Å². The lowest BCUT2D eigenvalue weighted by Crippen LogP contribution is -2.26. The maximum atomic E-state index is 4.44. The van der Waals surface area contributed by atoms with E-state index in [9.17, 15) is 0 Å². The van der Waals surface area contributed by atoms with E-state index in [1.54, 1.807) is 0 Å². The maximum absolute atomic E-state index is 4.44. The highest BCUT2D eigenvalue weighted by atomic mass is 15.3. The second kappa shape index (κ2) is 5.91. The summed E-state index contributed by atoms with van der Waals surface area (Å²) >= 11 is 0. The topological polar surface area (TPSA) is 17.8 Å². The van der Waals surface area contributed by atoms with Gasteiger partial charge in [-0.25, -0.2) is 0 Å². The Bertz CT molecular complexity index is 642. The molecule has 22 heavy (non-hydrogen) atoms. The summed E-state index contributed by atoms with van der Waals surface area (Å²) in [5.41, 5.74) is 5.91. The van der Waals surface area contributed by atoms with Crippen LogP contribution in [0.2, 0.25) is 0 Å². The Kier molecular flexibility index (Phi) is 4.51. The number of hydrogen-bond acceptors (Lipinski definition) is 1. The molecule has 0 bridgehead atoms. The quantitative estimate of drug-likeness (QED) is 0.774. The molecule has 0 spiro atoms. The van der Waals surface area contributed by atoms with E-state index in [1.165, 1.54) is 22.4 Å². The van der Waals surface area contributed by atoms with Crippen LogP contribution in [0.3, 0.4) is 0 Å². The lowest BCUT2D eigenvalue weighted by atomic mass is 9.77. The van der Waals surface area contributed by atoms with Gasteiger partial charge in [-0.2, -0.15) is 5.10 Å². The summed E-state index contributed by atoms with van der Waals surface area (Å²) in [5.74, 6) is 0. The van der Waals surface area contributed by atoms with Crippen molar-refractivity contribution in [3.05, 3.63) is 52.8 Å². The Balaban J connectivity index is 2.38. The molecule has 0 saturated carbocycles. The summed E-state index contributed by atoms with van der Waals surface area (Å²) < 4.78 is 2.11. The largest absolute Gasteiger partial charge is 0.269 e. The van der Waals surface area contributed by atoms with Crippen molar-refractivity contribution in [1.82, 2.24) is 9.78 Å². The molecule has 2 heteroatoms. The number of aromatic nitrogens is 2. The third-order valence-corrected chi connectivity index (χ3v) is 4.60. The van der Waals surface area contributed by atoms with Gasteiger partial charge in [-0.3, -0.25) is 4.68 Å². The number of benzene rings is 1. The summed E-state index contributed by atoms with van der Waals surface area (Å²) in [6.45, 7) is 16.8. The smallest absolute Gasteiger partial charge is 0.0492 e. The average Bonchev–Trinajstić information content (AvgIpc) is 2.89. The molecule has 2 rings (SSSR count). The minimum absolute atomic E-state index is 0.0772. The Morgan fingerprint density at radius 3 is 2.32 bits per heavy atom. The fraction of sp³-hybridized carbons (Fsp3) is 0.550. The highest BCUT2D eigenvalue weighted by molar-refractivity contribution is 5.39. The van der Waals surface area contributed by atoms with E-state index >= 15 is 0 Å². The molecule has 0 N–H and O–H groups in total. The third-order valence-electron chi connectivity index (χ3n) is 4.60. The van der Waals surface area contributed by atoms with Crippen LogP contribution in [0.5, 0.6) is 0 Å². The zero-order valence-electron chi connectivity index (χ0n) is 15.2. The van der Waals surface area contributed by atoms with Crippen molar-refractivity contribution < 1.29 is 0 Å². The standard InChI is InChI=1S/C20H30N2/c1-8-22-18(12-13-21-22)20(6,7)14-16-10-9-11-17(15(16)2)19(3,4)5/h9-13H,8,14H2,1-7H3. The Labute approximate surface area is 135 Å².